The molecule has 17 heavy (non-hydrogen) atoms. The lowest BCUT2D eigenvalue weighted by atomic mass is 10.2. The number of hydrogen-bond donors (Lipinski definition) is 3. The highest BCUT2D eigenvalue weighted by Gasteiger charge is 2.17. The largest absolute Gasteiger partial charge is 0.480 e. The number of amides is 2. The number of aliphatic carboxylic acids is 1. The van der Waals surface area contributed by atoms with E-state index in [0.717, 1.165) is 12.8 Å². The van der Waals surface area contributed by atoms with Crippen LogP contribution in [-0.4, -0.2) is 29.7 Å². The molecule has 0 aromatic rings. The Kier molecular flexibility index (Phi) is 7.97. The molecule has 0 rings (SSSR count). The Morgan fingerprint density at radius 2 is 1.94 bits per heavy atom. The number of hydrogen-bond acceptors (Lipinski definition) is 2. The van der Waals surface area contributed by atoms with E-state index in [9.17, 15) is 9.59 Å². The van der Waals surface area contributed by atoms with Crippen molar-refractivity contribution in [3.63, 3.8) is 0 Å². The minimum absolute atomic E-state index is 0.0418. The van der Waals surface area contributed by atoms with Crippen LogP contribution in [0.5, 0.6) is 0 Å². The van der Waals surface area contributed by atoms with Crippen LogP contribution in [0.15, 0.2) is 0 Å². The van der Waals surface area contributed by atoms with Gasteiger partial charge in [-0.3, -0.25) is 0 Å². The number of carboxylic acids is 1. The molecule has 0 heterocycles. The van der Waals surface area contributed by atoms with Crippen LogP contribution in [0.25, 0.3) is 0 Å². The minimum Gasteiger partial charge on any atom is -0.480 e. The summed E-state index contributed by atoms with van der Waals surface area (Å²) in [5, 5.41) is 13.5. The first-order valence-corrected chi connectivity index (χ1v) is 5.26. The summed E-state index contributed by atoms with van der Waals surface area (Å²) >= 11 is 0. The van der Waals surface area contributed by atoms with Gasteiger partial charge in [0.1, 0.15) is 6.04 Å². The van der Waals surface area contributed by atoms with Crippen LogP contribution in [0, 0.1) is 24.7 Å². The molecule has 0 spiro atoms. The normalized spacial score (nSPS) is 10.7. The van der Waals surface area contributed by atoms with Gasteiger partial charge in [0.15, 0.2) is 0 Å². The molecule has 0 fully saturated rings. The van der Waals surface area contributed by atoms with E-state index in [0.29, 0.717) is 13.0 Å². The molecule has 0 aliphatic carbocycles. The highest BCUT2D eigenvalue weighted by Crippen LogP contribution is 1.93. The molecule has 0 bridgehead atoms. The second-order valence-corrected chi connectivity index (χ2v) is 3.36. The van der Waals surface area contributed by atoms with Gasteiger partial charge in [-0.2, -0.15) is 0 Å². The van der Waals surface area contributed by atoms with Crippen LogP contribution < -0.4 is 10.6 Å². The predicted octanol–water partition coefficient (Wildman–Crippen LogP) is 0.566. The van der Waals surface area contributed by atoms with E-state index < -0.39 is 18.0 Å². The fourth-order valence-corrected chi connectivity index (χ4v) is 1.08. The van der Waals surface area contributed by atoms with E-state index in [4.69, 9.17) is 18.0 Å². The average molecular weight is 236 g/mol. The van der Waals surface area contributed by atoms with E-state index in [-0.39, 0.29) is 6.42 Å². The number of rotatable bonds is 7. The zero-order valence-electron chi connectivity index (χ0n) is 9.53. The fourth-order valence-electron chi connectivity index (χ4n) is 1.08. The zero-order valence-corrected chi connectivity index (χ0v) is 9.53. The highest BCUT2D eigenvalue weighted by atomic mass is 16.4. The van der Waals surface area contributed by atoms with E-state index in [1.807, 2.05) is 0 Å². The van der Waals surface area contributed by atoms with Gasteiger partial charge in [0.25, 0.3) is 0 Å². The van der Waals surface area contributed by atoms with Gasteiger partial charge in [-0.15, -0.1) is 24.7 Å². The summed E-state index contributed by atoms with van der Waals surface area (Å²) in [5.41, 5.74) is 0. The first kappa shape index (κ1) is 14.9. The van der Waals surface area contributed by atoms with E-state index in [1.165, 1.54) is 0 Å². The van der Waals surface area contributed by atoms with Gasteiger partial charge in [-0.05, 0) is 12.8 Å². The predicted molar refractivity (Wildman–Crippen MR) is 64.1 cm³/mol. The highest BCUT2D eigenvalue weighted by molar-refractivity contribution is 5.82. The molecule has 3 N–H and O–H groups in total. The maximum Gasteiger partial charge on any atom is 0.327 e. The summed E-state index contributed by atoms with van der Waals surface area (Å²) in [6.07, 6.45) is 12.3. The smallest absolute Gasteiger partial charge is 0.327 e. The summed E-state index contributed by atoms with van der Waals surface area (Å²) in [4.78, 5) is 22.0. The third-order valence-corrected chi connectivity index (χ3v) is 1.96. The zero-order chi connectivity index (χ0) is 13.1. The van der Waals surface area contributed by atoms with Crippen molar-refractivity contribution in [2.45, 2.75) is 31.7 Å². The second-order valence-electron chi connectivity index (χ2n) is 3.36. The van der Waals surface area contributed by atoms with Crippen molar-refractivity contribution in [1.82, 2.24) is 10.6 Å². The molecular formula is C12H16N2O3. The van der Waals surface area contributed by atoms with Crippen LogP contribution >= 0.6 is 0 Å². The van der Waals surface area contributed by atoms with Gasteiger partial charge < -0.3 is 15.7 Å². The molecule has 0 saturated heterocycles. The number of carbonyl (C=O) groups excluding carboxylic acids is 1. The van der Waals surface area contributed by atoms with Crippen LogP contribution in [0.4, 0.5) is 4.79 Å². The first-order valence-electron chi connectivity index (χ1n) is 5.26. The topological polar surface area (TPSA) is 78.4 Å². The van der Waals surface area contributed by atoms with Crippen molar-refractivity contribution < 1.29 is 14.7 Å². The van der Waals surface area contributed by atoms with Crippen molar-refractivity contribution in [2.24, 2.45) is 0 Å². The number of urea groups is 1. The summed E-state index contributed by atoms with van der Waals surface area (Å²) in [7, 11) is 0. The molecule has 0 aromatic carbocycles. The van der Waals surface area contributed by atoms with Crippen LogP contribution in [0.1, 0.15) is 25.7 Å². The molecule has 5 nitrogen and oxygen atoms in total. The van der Waals surface area contributed by atoms with Crippen LogP contribution in [-0.2, 0) is 4.79 Å². The van der Waals surface area contributed by atoms with E-state index in [2.05, 4.69) is 22.5 Å². The van der Waals surface area contributed by atoms with Crippen molar-refractivity contribution in [3.8, 4) is 24.7 Å². The van der Waals surface area contributed by atoms with Crippen molar-refractivity contribution >= 4 is 12.0 Å². The minimum atomic E-state index is -1.15. The van der Waals surface area contributed by atoms with E-state index >= 15 is 0 Å². The van der Waals surface area contributed by atoms with Crippen molar-refractivity contribution in [2.75, 3.05) is 6.54 Å². The third kappa shape index (κ3) is 7.75. The molecule has 0 aromatic heterocycles. The average Bonchev–Trinajstić information content (AvgIpc) is 2.28. The second kappa shape index (κ2) is 9.11. The lowest BCUT2D eigenvalue weighted by molar-refractivity contribution is -0.139. The molecular weight excluding hydrogens is 220 g/mol. The molecule has 1 atom stereocenters. The summed E-state index contributed by atoms with van der Waals surface area (Å²) in [5.74, 6) is 3.54. The Morgan fingerprint density at radius 3 is 2.47 bits per heavy atom. The number of unbranched alkanes of at least 4 members (excludes halogenated alkanes) is 2. The molecule has 0 aliphatic heterocycles. The SMILES string of the molecule is C#CCCCCNC(=O)NC(CC#C)C(=O)O. The Balaban J connectivity index is 3.80. The quantitative estimate of drug-likeness (QED) is 0.446. The van der Waals surface area contributed by atoms with Crippen LogP contribution in [0.3, 0.4) is 0 Å². The maximum atomic E-state index is 11.3. The molecule has 1 unspecified atom stereocenters. The number of nitrogens with one attached hydrogen (secondary N) is 2. The number of terminal acetylenes is 2. The van der Waals surface area contributed by atoms with Gasteiger partial charge in [0, 0.05) is 19.4 Å². The standard InChI is InChI=1S/C12H16N2O3/c1-3-5-6-7-9-13-12(17)14-10(8-4-2)11(15)16/h1-2,10H,5-9H2,(H,15,16)(H2,13,14,17). The first-order chi connectivity index (χ1) is 8.11. The van der Waals surface area contributed by atoms with Crippen molar-refractivity contribution in [3.05, 3.63) is 0 Å². The maximum absolute atomic E-state index is 11.3. The third-order valence-electron chi connectivity index (χ3n) is 1.96. The van der Waals surface area contributed by atoms with Crippen LogP contribution in [0.2, 0.25) is 0 Å². The van der Waals surface area contributed by atoms with Gasteiger partial charge in [0.2, 0.25) is 0 Å². The summed E-state index contributed by atoms with van der Waals surface area (Å²) in [6.45, 7) is 0.454. The van der Waals surface area contributed by atoms with Gasteiger partial charge in [-0.25, -0.2) is 9.59 Å². The molecule has 92 valence electrons. The summed E-state index contributed by atoms with van der Waals surface area (Å²) in [6, 6.07) is -1.58. The molecule has 0 radical (unpaired) electrons. The lowest BCUT2D eigenvalue weighted by Crippen LogP contribution is -2.46. The number of carboxylic acid groups (broad SMARTS) is 1. The number of carbonyl (C=O) groups is 2. The summed E-state index contributed by atoms with van der Waals surface area (Å²) < 4.78 is 0. The molecule has 0 aliphatic rings. The Labute approximate surface area is 101 Å². The lowest BCUT2D eigenvalue weighted by Gasteiger charge is -2.12. The fraction of sp³-hybridized carbons (Fsp3) is 0.500. The van der Waals surface area contributed by atoms with E-state index in [1.54, 1.807) is 0 Å². The Hall–Kier alpha value is -2.14. The Bertz CT molecular complexity index is 339. The van der Waals surface area contributed by atoms with Gasteiger partial charge in [0.05, 0.1) is 0 Å². The van der Waals surface area contributed by atoms with Gasteiger partial charge >= 0.3 is 12.0 Å². The molecule has 2 amide bonds. The molecule has 0 saturated carbocycles. The van der Waals surface area contributed by atoms with Gasteiger partial charge in [-0.1, -0.05) is 0 Å². The monoisotopic (exact) mass is 236 g/mol. The van der Waals surface area contributed by atoms with Crippen molar-refractivity contribution in [1.29, 1.82) is 0 Å². The molecule has 5 heteroatoms. The Morgan fingerprint density at radius 1 is 1.24 bits per heavy atom.